The third kappa shape index (κ3) is 3.16. The SMILES string of the molecule is Cc1cc(NC(=O)c2ccc(C(N)=S)cn2)ccc1F. The van der Waals surface area contributed by atoms with Crippen LogP contribution in [0.5, 0.6) is 0 Å². The van der Waals surface area contributed by atoms with E-state index in [0.29, 0.717) is 16.8 Å². The van der Waals surface area contributed by atoms with Crippen LogP contribution in [0.4, 0.5) is 10.1 Å². The highest BCUT2D eigenvalue weighted by molar-refractivity contribution is 7.80. The van der Waals surface area contributed by atoms with E-state index in [1.807, 2.05) is 0 Å². The Labute approximate surface area is 120 Å². The fraction of sp³-hybridized carbons (Fsp3) is 0.0714. The minimum atomic E-state index is -0.384. The highest BCUT2D eigenvalue weighted by Crippen LogP contribution is 2.14. The second-order valence-electron chi connectivity index (χ2n) is 4.21. The predicted molar refractivity (Wildman–Crippen MR) is 79.2 cm³/mol. The van der Waals surface area contributed by atoms with Gasteiger partial charge in [0.25, 0.3) is 5.91 Å². The normalized spacial score (nSPS) is 10.1. The van der Waals surface area contributed by atoms with Gasteiger partial charge in [-0.2, -0.15) is 0 Å². The number of hydrogen-bond acceptors (Lipinski definition) is 3. The maximum Gasteiger partial charge on any atom is 0.274 e. The van der Waals surface area contributed by atoms with Crippen molar-refractivity contribution in [3.63, 3.8) is 0 Å². The zero-order valence-corrected chi connectivity index (χ0v) is 11.5. The molecule has 0 unspecified atom stereocenters. The molecule has 0 aliphatic carbocycles. The Bertz CT molecular complexity index is 671. The maximum absolute atomic E-state index is 13.1. The van der Waals surface area contributed by atoms with Crippen LogP contribution in [-0.2, 0) is 0 Å². The number of halogens is 1. The molecule has 0 bridgehead atoms. The number of nitrogens with two attached hydrogens (primary N) is 1. The highest BCUT2D eigenvalue weighted by Gasteiger charge is 2.09. The number of amides is 1. The van der Waals surface area contributed by atoms with E-state index in [9.17, 15) is 9.18 Å². The lowest BCUT2D eigenvalue weighted by molar-refractivity contribution is 0.102. The standard InChI is InChI=1S/C14H12FN3OS/c1-8-6-10(3-4-11(8)15)18-14(19)12-5-2-9(7-17-12)13(16)20/h2-7H,1H3,(H2,16,20)(H,18,19). The number of aryl methyl sites for hydroxylation is 1. The second-order valence-corrected chi connectivity index (χ2v) is 4.65. The lowest BCUT2D eigenvalue weighted by Gasteiger charge is -2.06. The van der Waals surface area contributed by atoms with Gasteiger partial charge in [0, 0.05) is 17.4 Å². The van der Waals surface area contributed by atoms with Gasteiger partial charge in [0.1, 0.15) is 16.5 Å². The van der Waals surface area contributed by atoms with Gasteiger partial charge in [0.05, 0.1) is 0 Å². The van der Waals surface area contributed by atoms with Gasteiger partial charge in [-0.15, -0.1) is 0 Å². The van der Waals surface area contributed by atoms with E-state index in [2.05, 4.69) is 10.3 Å². The summed E-state index contributed by atoms with van der Waals surface area (Å²) in [6, 6.07) is 7.49. The zero-order valence-electron chi connectivity index (χ0n) is 10.7. The first-order valence-electron chi connectivity index (χ1n) is 5.81. The molecule has 0 aliphatic heterocycles. The molecule has 0 saturated heterocycles. The van der Waals surface area contributed by atoms with Gasteiger partial charge in [-0.1, -0.05) is 12.2 Å². The number of hydrogen-bond donors (Lipinski definition) is 2. The van der Waals surface area contributed by atoms with E-state index in [1.165, 1.54) is 24.4 Å². The molecule has 2 aromatic rings. The van der Waals surface area contributed by atoms with Crippen molar-refractivity contribution >= 4 is 28.8 Å². The molecule has 1 aromatic carbocycles. The molecule has 1 amide bonds. The van der Waals surface area contributed by atoms with Crippen molar-refractivity contribution in [2.75, 3.05) is 5.32 Å². The Morgan fingerprint density at radius 2 is 2.10 bits per heavy atom. The molecule has 20 heavy (non-hydrogen) atoms. The van der Waals surface area contributed by atoms with Crippen LogP contribution in [0.3, 0.4) is 0 Å². The van der Waals surface area contributed by atoms with Crippen molar-refractivity contribution in [1.29, 1.82) is 0 Å². The first-order chi connectivity index (χ1) is 9.47. The first kappa shape index (κ1) is 14.1. The molecule has 4 nitrogen and oxygen atoms in total. The van der Waals surface area contributed by atoms with Crippen molar-refractivity contribution in [3.05, 3.63) is 59.2 Å². The van der Waals surface area contributed by atoms with Crippen LogP contribution in [0.25, 0.3) is 0 Å². The minimum absolute atomic E-state index is 0.221. The van der Waals surface area contributed by atoms with Gasteiger partial charge >= 0.3 is 0 Å². The van der Waals surface area contributed by atoms with Gasteiger partial charge in [0.15, 0.2) is 0 Å². The fourth-order valence-electron chi connectivity index (χ4n) is 1.59. The molecule has 0 fully saturated rings. The third-order valence-electron chi connectivity index (χ3n) is 2.70. The lowest BCUT2D eigenvalue weighted by atomic mass is 10.2. The Hall–Kier alpha value is -2.34. The number of nitrogens with one attached hydrogen (secondary N) is 1. The third-order valence-corrected chi connectivity index (χ3v) is 2.93. The number of thiocarbonyl (C=S) groups is 1. The summed E-state index contributed by atoms with van der Waals surface area (Å²) in [5, 5.41) is 2.64. The highest BCUT2D eigenvalue weighted by atomic mass is 32.1. The summed E-state index contributed by atoms with van der Waals surface area (Å²) in [4.78, 5) is 16.2. The monoisotopic (exact) mass is 289 g/mol. The van der Waals surface area contributed by atoms with Gasteiger partial charge < -0.3 is 11.1 Å². The van der Waals surface area contributed by atoms with E-state index in [1.54, 1.807) is 19.1 Å². The van der Waals surface area contributed by atoms with Crippen molar-refractivity contribution in [2.45, 2.75) is 6.92 Å². The molecule has 0 atom stereocenters. The van der Waals surface area contributed by atoms with Crippen LogP contribution in [0.2, 0.25) is 0 Å². The molecule has 0 saturated carbocycles. The van der Waals surface area contributed by atoms with Crippen LogP contribution < -0.4 is 11.1 Å². The molecular formula is C14H12FN3OS. The molecule has 0 radical (unpaired) electrons. The van der Waals surface area contributed by atoms with E-state index in [4.69, 9.17) is 18.0 Å². The van der Waals surface area contributed by atoms with E-state index < -0.39 is 0 Å². The fourth-order valence-corrected chi connectivity index (χ4v) is 1.71. The minimum Gasteiger partial charge on any atom is -0.389 e. The number of aromatic nitrogens is 1. The van der Waals surface area contributed by atoms with Gasteiger partial charge in [0.2, 0.25) is 0 Å². The summed E-state index contributed by atoms with van der Waals surface area (Å²) in [5.41, 5.74) is 7.24. The molecule has 1 heterocycles. The van der Waals surface area contributed by atoms with Crippen LogP contribution in [-0.4, -0.2) is 15.9 Å². The van der Waals surface area contributed by atoms with Crippen LogP contribution in [0.15, 0.2) is 36.5 Å². The Morgan fingerprint density at radius 1 is 1.35 bits per heavy atom. The smallest absolute Gasteiger partial charge is 0.274 e. The zero-order chi connectivity index (χ0) is 14.7. The molecule has 102 valence electrons. The number of carbonyl (C=O) groups is 1. The average Bonchev–Trinajstić information content (AvgIpc) is 2.43. The first-order valence-corrected chi connectivity index (χ1v) is 6.21. The van der Waals surface area contributed by atoms with Crippen molar-refractivity contribution in [3.8, 4) is 0 Å². The summed E-state index contributed by atoms with van der Waals surface area (Å²) in [6.07, 6.45) is 1.44. The van der Waals surface area contributed by atoms with Crippen LogP contribution in [0, 0.1) is 12.7 Å². The van der Waals surface area contributed by atoms with Gasteiger partial charge in [-0.05, 0) is 42.8 Å². The Kier molecular flexibility index (Phi) is 4.05. The van der Waals surface area contributed by atoms with Crippen molar-refractivity contribution < 1.29 is 9.18 Å². The topological polar surface area (TPSA) is 68.0 Å². The molecule has 0 aliphatic rings. The molecule has 6 heteroatoms. The number of benzene rings is 1. The van der Waals surface area contributed by atoms with Gasteiger partial charge in [-0.3, -0.25) is 9.78 Å². The number of rotatable bonds is 3. The number of anilines is 1. The lowest BCUT2D eigenvalue weighted by Crippen LogP contribution is -2.15. The number of pyridine rings is 1. The number of nitrogens with zero attached hydrogens (tertiary/aromatic N) is 1. The van der Waals surface area contributed by atoms with Crippen LogP contribution >= 0.6 is 12.2 Å². The average molecular weight is 289 g/mol. The van der Waals surface area contributed by atoms with Crippen molar-refractivity contribution in [1.82, 2.24) is 4.98 Å². The summed E-state index contributed by atoms with van der Waals surface area (Å²) in [7, 11) is 0. The Morgan fingerprint density at radius 3 is 2.65 bits per heavy atom. The predicted octanol–water partition coefficient (Wildman–Crippen LogP) is 2.42. The quantitative estimate of drug-likeness (QED) is 0.852. The summed E-state index contributed by atoms with van der Waals surface area (Å²) in [5.74, 6) is -0.701. The van der Waals surface area contributed by atoms with Crippen molar-refractivity contribution in [2.24, 2.45) is 5.73 Å². The summed E-state index contributed by atoms with van der Waals surface area (Å²) < 4.78 is 13.1. The molecule has 3 N–H and O–H groups in total. The summed E-state index contributed by atoms with van der Waals surface area (Å²) >= 11 is 4.80. The Balaban J connectivity index is 2.15. The largest absolute Gasteiger partial charge is 0.389 e. The second kappa shape index (κ2) is 5.75. The van der Waals surface area contributed by atoms with Gasteiger partial charge in [-0.25, -0.2) is 4.39 Å². The number of carbonyl (C=O) groups excluding carboxylic acids is 1. The summed E-state index contributed by atoms with van der Waals surface area (Å²) in [6.45, 7) is 1.63. The van der Waals surface area contributed by atoms with Crippen LogP contribution in [0.1, 0.15) is 21.6 Å². The van der Waals surface area contributed by atoms with E-state index in [-0.39, 0.29) is 22.4 Å². The molecular weight excluding hydrogens is 277 g/mol. The molecule has 1 aromatic heterocycles. The van der Waals surface area contributed by atoms with E-state index in [0.717, 1.165) is 0 Å². The molecule has 2 rings (SSSR count). The maximum atomic E-state index is 13.1. The molecule has 0 spiro atoms. The van der Waals surface area contributed by atoms with E-state index >= 15 is 0 Å².